The number of alkyl halides is 3. The zero-order valence-electron chi connectivity index (χ0n) is 28.0. The zero-order chi connectivity index (χ0) is 34.7. The number of likely N-dealkylation sites (N-methyl/N-ethyl adjacent to an activating group) is 1. The fourth-order valence-corrected chi connectivity index (χ4v) is 5.57. The molecule has 1 saturated carbocycles. The first-order valence-electron chi connectivity index (χ1n) is 15.3. The number of amides is 1. The van der Waals surface area contributed by atoms with E-state index in [4.69, 9.17) is 4.79 Å². The van der Waals surface area contributed by atoms with E-state index < -0.39 is 17.7 Å². The summed E-state index contributed by atoms with van der Waals surface area (Å²) in [6.45, 7) is 19.2. The Kier molecular flexibility index (Phi) is 19.4. The van der Waals surface area contributed by atoms with Gasteiger partial charge in [-0.05, 0) is 64.2 Å². The van der Waals surface area contributed by atoms with Crippen LogP contribution in [0.15, 0.2) is 77.8 Å². The maximum Gasteiger partial charge on any atom is 0.415 e. The van der Waals surface area contributed by atoms with Crippen molar-refractivity contribution in [1.82, 2.24) is 15.1 Å². The standard InChI is InChI=1S/C32H47F3N4O2.C2H4.CH2O/c1-8-17-36-25(5)37-31(41)28(20-26-12-10-9-11-13-26)27-16-18-39(21-30(27)40)24(4)15-14-22(2)29(38(6)7)19-23(3)32(33,34)35;2*1-2/h8,14-15,17,19,26-28H,3,9-13,16,18,20-21H2,1-2,4-7H3,(H,36,37,41);1-2H2;1H2/b17-8-,22-14+,24-15+,29-19-;;/t27?,28-;;/m1../s1. The molecular formula is C35H53F3N4O3. The third-order valence-electron chi connectivity index (χ3n) is 7.96. The summed E-state index contributed by atoms with van der Waals surface area (Å²) in [5, 5.41) is 2.92. The van der Waals surface area contributed by atoms with E-state index in [-0.39, 0.29) is 24.2 Å². The molecule has 2 fully saturated rings. The average molecular weight is 635 g/mol. The van der Waals surface area contributed by atoms with Crippen molar-refractivity contribution in [3.63, 3.8) is 0 Å². The third kappa shape index (κ3) is 14.3. The Hall–Kier alpha value is -3.69. The van der Waals surface area contributed by atoms with Gasteiger partial charge in [-0.25, -0.2) is 4.99 Å². The summed E-state index contributed by atoms with van der Waals surface area (Å²) in [7, 11) is 3.36. The van der Waals surface area contributed by atoms with Crippen molar-refractivity contribution in [3.8, 4) is 0 Å². The minimum Gasteiger partial charge on any atom is -0.377 e. The van der Waals surface area contributed by atoms with Crippen molar-refractivity contribution in [2.24, 2.45) is 22.7 Å². The van der Waals surface area contributed by atoms with Gasteiger partial charge in [0.25, 0.3) is 0 Å². The normalized spacial score (nSPS) is 19.6. The van der Waals surface area contributed by atoms with Crippen LogP contribution in [0.2, 0.25) is 0 Å². The minimum absolute atomic E-state index is 0.0408. The van der Waals surface area contributed by atoms with Gasteiger partial charge < -0.3 is 19.9 Å². The molecule has 2 rings (SSSR count). The van der Waals surface area contributed by atoms with Gasteiger partial charge in [0.1, 0.15) is 12.6 Å². The lowest BCUT2D eigenvalue weighted by molar-refractivity contribution is -0.136. The predicted molar refractivity (Wildman–Crippen MR) is 178 cm³/mol. The molecule has 0 radical (unpaired) electrons. The first kappa shape index (κ1) is 41.3. The SMILES string of the molecule is C=C.C=C(/C=C(/C(C)=C/C=C(\C)N1CCC([C@@H](CC2CCCCC2)C(=O)NC(C)=N/C=C\C)C(=O)C1)N(C)C)C(F)(F)F.C=O. The molecule has 0 spiro atoms. The Morgan fingerprint density at radius 1 is 1.09 bits per heavy atom. The highest BCUT2D eigenvalue weighted by molar-refractivity contribution is 6.00. The monoisotopic (exact) mass is 634 g/mol. The number of nitrogens with zero attached hydrogens (tertiary/aromatic N) is 3. The Bertz CT molecular complexity index is 1130. The lowest BCUT2D eigenvalue weighted by Crippen LogP contribution is -2.47. The number of hydrogen-bond acceptors (Lipinski definition) is 6. The summed E-state index contributed by atoms with van der Waals surface area (Å²) in [5.74, 6) is 0.105. The summed E-state index contributed by atoms with van der Waals surface area (Å²) < 4.78 is 39.1. The molecule has 1 heterocycles. The number of nitrogens with one attached hydrogen (secondary N) is 1. The van der Waals surface area contributed by atoms with Crippen LogP contribution in [0.5, 0.6) is 0 Å². The van der Waals surface area contributed by atoms with Crippen molar-refractivity contribution in [1.29, 1.82) is 0 Å². The van der Waals surface area contributed by atoms with Gasteiger partial charge in [-0.2, -0.15) is 13.2 Å². The van der Waals surface area contributed by atoms with E-state index in [0.717, 1.165) is 24.6 Å². The van der Waals surface area contributed by atoms with Gasteiger partial charge in [-0.3, -0.25) is 9.59 Å². The van der Waals surface area contributed by atoms with Crippen molar-refractivity contribution < 1.29 is 27.6 Å². The van der Waals surface area contributed by atoms with E-state index in [1.165, 1.54) is 19.3 Å². The number of ketones is 1. The van der Waals surface area contributed by atoms with Crippen molar-refractivity contribution in [2.75, 3.05) is 27.2 Å². The number of likely N-dealkylation sites (tertiary alicyclic amines) is 1. The Labute approximate surface area is 268 Å². The molecule has 0 aromatic heterocycles. The lowest BCUT2D eigenvalue weighted by Gasteiger charge is -2.37. The molecule has 45 heavy (non-hydrogen) atoms. The number of halogens is 3. The van der Waals surface area contributed by atoms with Crippen LogP contribution in [0.3, 0.4) is 0 Å². The number of aliphatic imine (C=N–C) groups is 1. The molecule has 2 atom stereocenters. The molecule has 1 unspecified atom stereocenters. The maximum absolute atomic E-state index is 13.5. The first-order chi connectivity index (χ1) is 21.2. The number of allylic oxidation sites excluding steroid dienone is 7. The van der Waals surface area contributed by atoms with Gasteiger partial charge >= 0.3 is 6.18 Å². The molecule has 2 aliphatic rings. The highest BCUT2D eigenvalue weighted by Crippen LogP contribution is 2.35. The predicted octanol–water partition coefficient (Wildman–Crippen LogP) is 7.56. The fourth-order valence-electron chi connectivity index (χ4n) is 5.57. The van der Waals surface area contributed by atoms with E-state index in [0.29, 0.717) is 42.4 Å². The molecule has 0 bridgehead atoms. The van der Waals surface area contributed by atoms with Crippen molar-refractivity contribution >= 4 is 24.3 Å². The lowest BCUT2D eigenvalue weighted by atomic mass is 9.74. The van der Waals surface area contributed by atoms with Gasteiger partial charge in [0.05, 0.1) is 12.1 Å². The third-order valence-corrected chi connectivity index (χ3v) is 7.96. The second-order valence-electron chi connectivity index (χ2n) is 11.4. The molecule has 1 aliphatic carbocycles. The molecule has 1 aliphatic heterocycles. The van der Waals surface area contributed by atoms with Gasteiger partial charge in [-0.1, -0.05) is 50.8 Å². The average Bonchev–Trinajstić information content (AvgIpc) is 3.01. The van der Waals surface area contributed by atoms with Crippen LogP contribution in [0.1, 0.15) is 72.6 Å². The van der Waals surface area contributed by atoms with E-state index >= 15 is 0 Å². The number of rotatable bonds is 10. The summed E-state index contributed by atoms with van der Waals surface area (Å²) in [6.07, 6.45) is 10.6. The minimum atomic E-state index is -4.50. The first-order valence-corrected chi connectivity index (χ1v) is 15.3. The Morgan fingerprint density at radius 3 is 2.20 bits per heavy atom. The summed E-state index contributed by atoms with van der Waals surface area (Å²) >= 11 is 0. The van der Waals surface area contributed by atoms with Gasteiger partial charge in [0.2, 0.25) is 5.91 Å². The zero-order valence-corrected chi connectivity index (χ0v) is 28.0. The van der Waals surface area contributed by atoms with Gasteiger partial charge in [0.15, 0.2) is 5.78 Å². The van der Waals surface area contributed by atoms with Crippen LogP contribution in [-0.2, 0) is 14.4 Å². The summed E-state index contributed by atoms with van der Waals surface area (Å²) in [4.78, 5) is 42.7. The number of piperidine rings is 1. The Balaban J connectivity index is 0.00000464. The molecule has 0 aromatic carbocycles. The highest BCUT2D eigenvalue weighted by atomic mass is 19.4. The van der Waals surface area contributed by atoms with Crippen molar-refractivity contribution in [3.05, 3.63) is 72.8 Å². The molecule has 1 N–H and O–H groups in total. The van der Waals surface area contributed by atoms with Gasteiger partial charge in [0, 0.05) is 50.1 Å². The summed E-state index contributed by atoms with van der Waals surface area (Å²) in [5.41, 5.74) is 0.958. The molecular weight excluding hydrogens is 581 g/mol. The molecule has 1 amide bonds. The highest BCUT2D eigenvalue weighted by Gasteiger charge is 2.38. The number of hydrogen-bond donors (Lipinski definition) is 1. The second-order valence-corrected chi connectivity index (χ2v) is 11.4. The summed E-state index contributed by atoms with van der Waals surface area (Å²) in [6, 6.07) is 0. The number of amidine groups is 1. The molecule has 7 nitrogen and oxygen atoms in total. The number of Topliss-reactive ketones (excluding diaryl/α,β-unsaturated/α-hetero) is 1. The van der Waals surface area contributed by atoms with Crippen LogP contribution < -0.4 is 5.32 Å². The molecule has 252 valence electrons. The van der Waals surface area contributed by atoms with Crippen LogP contribution >= 0.6 is 0 Å². The number of carbonyl (C=O) groups excluding carboxylic acids is 3. The van der Waals surface area contributed by atoms with E-state index in [2.05, 4.69) is 30.0 Å². The quantitative estimate of drug-likeness (QED) is 0.116. The smallest absolute Gasteiger partial charge is 0.377 e. The maximum atomic E-state index is 13.5. The fraction of sp³-hybridized carbons (Fsp3) is 0.543. The topological polar surface area (TPSA) is 82.1 Å². The molecule has 0 aromatic rings. The van der Waals surface area contributed by atoms with E-state index in [9.17, 15) is 22.8 Å². The molecule has 1 saturated heterocycles. The van der Waals surface area contributed by atoms with Crippen LogP contribution in [0.4, 0.5) is 13.2 Å². The van der Waals surface area contributed by atoms with Gasteiger partial charge in [-0.15, -0.1) is 13.2 Å². The van der Waals surface area contributed by atoms with Crippen molar-refractivity contribution in [2.45, 2.75) is 78.8 Å². The Morgan fingerprint density at radius 2 is 1.69 bits per heavy atom. The van der Waals surface area contributed by atoms with Crippen LogP contribution in [-0.4, -0.2) is 67.5 Å². The van der Waals surface area contributed by atoms with E-state index in [1.54, 1.807) is 51.2 Å². The second kappa shape index (κ2) is 21.1. The van der Waals surface area contributed by atoms with Crippen LogP contribution in [0, 0.1) is 17.8 Å². The van der Waals surface area contributed by atoms with E-state index in [1.807, 2.05) is 31.6 Å². The molecule has 10 heteroatoms. The largest absolute Gasteiger partial charge is 0.415 e. The number of carbonyl (C=O) groups is 3. The van der Waals surface area contributed by atoms with Crippen LogP contribution in [0.25, 0.3) is 0 Å².